The lowest BCUT2D eigenvalue weighted by Crippen LogP contribution is -2.38. The molecule has 0 atom stereocenters. The van der Waals surface area contributed by atoms with E-state index in [-0.39, 0.29) is 24.0 Å². The number of hydrogen-bond acceptors (Lipinski definition) is 3. The van der Waals surface area contributed by atoms with Crippen LogP contribution in [-0.2, 0) is 6.54 Å². The molecule has 0 fully saturated rings. The van der Waals surface area contributed by atoms with Gasteiger partial charge in [0, 0.05) is 39.1 Å². The van der Waals surface area contributed by atoms with Crippen molar-refractivity contribution in [1.29, 1.82) is 0 Å². The van der Waals surface area contributed by atoms with Crippen molar-refractivity contribution in [2.24, 2.45) is 4.99 Å². The van der Waals surface area contributed by atoms with Crippen LogP contribution in [0.3, 0.4) is 0 Å². The highest BCUT2D eigenvalue weighted by Gasteiger charge is 1.99. The van der Waals surface area contributed by atoms with Gasteiger partial charge < -0.3 is 15.4 Å². The first kappa shape index (κ1) is 22.0. The standard InChI is InChI=1S/C21H27N5O.HI/c1-22-21(23-11-4-14-26-15-5-13-25-26)24-12-6-16-27-20-10-9-18-7-2-3-8-19(18)17-20;/h2-3,5,7-10,13,15,17H,4,6,11-12,14,16H2,1H3,(H2,22,23,24);1H. The summed E-state index contributed by atoms with van der Waals surface area (Å²) in [5.41, 5.74) is 0. The van der Waals surface area contributed by atoms with Crippen LogP contribution in [0.4, 0.5) is 0 Å². The number of nitrogens with one attached hydrogen (secondary N) is 2. The van der Waals surface area contributed by atoms with E-state index in [0.29, 0.717) is 6.61 Å². The monoisotopic (exact) mass is 493 g/mol. The van der Waals surface area contributed by atoms with Gasteiger partial charge in [-0.15, -0.1) is 24.0 Å². The molecule has 0 aliphatic heterocycles. The maximum Gasteiger partial charge on any atom is 0.190 e. The van der Waals surface area contributed by atoms with Crippen molar-refractivity contribution < 1.29 is 4.74 Å². The van der Waals surface area contributed by atoms with E-state index in [9.17, 15) is 0 Å². The van der Waals surface area contributed by atoms with Crippen LogP contribution in [-0.4, -0.2) is 42.5 Å². The number of ether oxygens (including phenoxy) is 1. The van der Waals surface area contributed by atoms with Crippen molar-refractivity contribution in [2.45, 2.75) is 19.4 Å². The van der Waals surface area contributed by atoms with Crippen molar-refractivity contribution in [3.63, 3.8) is 0 Å². The lowest BCUT2D eigenvalue weighted by atomic mass is 10.1. The minimum absolute atomic E-state index is 0. The molecule has 0 bridgehead atoms. The quantitative estimate of drug-likeness (QED) is 0.207. The Labute approximate surface area is 183 Å². The van der Waals surface area contributed by atoms with Crippen LogP contribution in [0.25, 0.3) is 10.8 Å². The van der Waals surface area contributed by atoms with Crippen LogP contribution < -0.4 is 15.4 Å². The molecule has 0 unspecified atom stereocenters. The summed E-state index contributed by atoms with van der Waals surface area (Å²) in [5.74, 6) is 1.73. The molecule has 1 aromatic heterocycles. The Bertz CT molecular complexity index is 851. The van der Waals surface area contributed by atoms with E-state index >= 15 is 0 Å². The maximum atomic E-state index is 5.86. The van der Waals surface area contributed by atoms with Gasteiger partial charge in [0.05, 0.1) is 6.61 Å². The van der Waals surface area contributed by atoms with Crippen molar-refractivity contribution in [1.82, 2.24) is 20.4 Å². The molecule has 3 aromatic rings. The summed E-state index contributed by atoms with van der Waals surface area (Å²) < 4.78 is 7.79. The molecule has 0 saturated heterocycles. The van der Waals surface area contributed by atoms with Gasteiger partial charge in [-0.05, 0) is 41.8 Å². The second-order valence-corrected chi connectivity index (χ2v) is 6.26. The van der Waals surface area contributed by atoms with Gasteiger partial charge in [0.25, 0.3) is 0 Å². The fraction of sp³-hybridized carbons (Fsp3) is 0.333. The van der Waals surface area contributed by atoms with E-state index in [4.69, 9.17) is 4.74 Å². The molecule has 0 aliphatic carbocycles. The molecule has 2 aromatic carbocycles. The molecule has 6 nitrogen and oxygen atoms in total. The molecule has 0 amide bonds. The van der Waals surface area contributed by atoms with Gasteiger partial charge in [0.1, 0.15) is 5.75 Å². The Morgan fingerprint density at radius 1 is 1.04 bits per heavy atom. The van der Waals surface area contributed by atoms with Crippen molar-refractivity contribution in [2.75, 3.05) is 26.7 Å². The van der Waals surface area contributed by atoms with Crippen molar-refractivity contribution in [3.8, 4) is 5.75 Å². The van der Waals surface area contributed by atoms with E-state index < -0.39 is 0 Å². The van der Waals surface area contributed by atoms with Crippen molar-refractivity contribution >= 4 is 40.7 Å². The van der Waals surface area contributed by atoms with Gasteiger partial charge in [0.2, 0.25) is 0 Å². The van der Waals surface area contributed by atoms with Crippen LogP contribution in [0.1, 0.15) is 12.8 Å². The second-order valence-electron chi connectivity index (χ2n) is 6.26. The molecule has 150 valence electrons. The smallest absolute Gasteiger partial charge is 0.190 e. The molecule has 0 aliphatic rings. The van der Waals surface area contributed by atoms with Gasteiger partial charge in [-0.1, -0.05) is 30.3 Å². The highest BCUT2D eigenvalue weighted by atomic mass is 127. The van der Waals surface area contributed by atoms with Gasteiger partial charge in [0.15, 0.2) is 5.96 Å². The number of hydrogen-bond donors (Lipinski definition) is 2. The highest BCUT2D eigenvalue weighted by molar-refractivity contribution is 14.0. The molecule has 0 radical (unpaired) electrons. The predicted molar refractivity (Wildman–Crippen MR) is 126 cm³/mol. The Morgan fingerprint density at radius 3 is 2.57 bits per heavy atom. The average Bonchev–Trinajstić information content (AvgIpc) is 3.22. The van der Waals surface area contributed by atoms with Gasteiger partial charge in [-0.3, -0.25) is 9.67 Å². The highest BCUT2D eigenvalue weighted by Crippen LogP contribution is 2.20. The zero-order valence-corrected chi connectivity index (χ0v) is 18.5. The average molecular weight is 493 g/mol. The van der Waals surface area contributed by atoms with Crippen LogP contribution in [0.2, 0.25) is 0 Å². The minimum Gasteiger partial charge on any atom is -0.494 e. The van der Waals surface area contributed by atoms with Crippen LogP contribution in [0.5, 0.6) is 5.75 Å². The molecule has 0 saturated carbocycles. The number of aliphatic imine (C=N–C) groups is 1. The largest absolute Gasteiger partial charge is 0.494 e. The fourth-order valence-corrected chi connectivity index (χ4v) is 2.83. The summed E-state index contributed by atoms with van der Waals surface area (Å²) >= 11 is 0. The molecular formula is C21H28IN5O. The van der Waals surface area contributed by atoms with E-state index in [0.717, 1.165) is 44.2 Å². The van der Waals surface area contributed by atoms with Gasteiger partial charge in [-0.2, -0.15) is 5.10 Å². The predicted octanol–water partition coefficient (Wildman–Crippen LogP) is 3.68. The Hall–Kier alpha value is -2.29. The lowest BCUT2D eigenvalue weighted by molar-refractivity contribution is 0.311. The molecule has 2 N–H and O–H groups in total. The van der Waals surface area contributed by atoms with Crippen molar-refractivity contribution in [3.05, 3.63) is 60.9 Å². The Balaban J connectivity index is 0.00000280. The normalized spacial score (nSPS) is 11.1. The SMILES string of the molecule is CN=C(NCCCOc1ccc2ccccc2c1)NCCCn1cccn1.I. The number of guanidine groups is 1. The third-order valence-corrected chi connectivity index (χ3v) is 4.24. The first-order valence-electron chi connectivity index (χ1n) is 9.39. The van der Waals surface area contributed by atoms with E-state index in [1.54, 1.807) is 13.2 Å². The Kier molecular flexibility index (Phi) is 9.61. The number of nitrogens with zero attached hydrogens (tertiary/aromatic N) is 3. The summed E-state index contributed by atoms with van der Waals surface area (Å²) in [7, 11) is 1.79. The van der Waals surface area contributed by atoms with Crippen LogP contribution in [0, 0.1) is 0 Å². The van der Waals surface area contributed by atoms with Gasteiger partial charge in [-0.25, -0.2) is 0 Å². The summed E-state index contributed by atoms with van der Waals surface area (Å²) in [4.78, 5) is 4.24. The molecule has 28 heavy (non-hydrogen) atoms. The maximum absolute atomic E-state index is 5.86. The van der Waals surface area contributed by atoms with E-state index in [2.05, 4.69) is 45.0 Å². The number of halogens is 1. The third-order valence-electron chi connectivity index (χ3n) is 4.24. The van der Waals surface area contributed by atoms with Crippen LogP contribution in [0.15, 0.2) is 65.9 Å². The summed E-state index contributed by atoms with van der Waals surface area (Å²) in [5, 5.41) is 13.3. The summed E-state index contributed by atoms with van der Waals surface area (Å²) in [6.45, 7) is 3.23. The summed E-state index contributed by atoms with van der Waals surface area (Å²) in [6, 6.07) is 16.4. The molecule has 7 heteroatoms. The number of fused-ring (bicyclic) bond motifs is 1. The Morgan fingerprint density at radius 2 is 1.82 bits per heavy atom. The van der Waals surface area contributed by atoms with E-state index in [1.165, 1.54) is 10.8 Å². The molecule has 1 heterocycles. The third kappa shape index (κ3) is 7.03. The number of benzene rings is 2. The minimum atomic E-state index is 0. The topological polar surface area (TPSA) is 63.5 Å². The number of aryl methyl sites for hydroxylation is 1. The van der Waals surface area contributed by atoms with Crippen LogP contribution >= 0.6 is 24.0 Å². The number of rotatable bonds is 9. The lowest BCUT2D eigenvalue weighted by Gasteiger charge is -2.12. The number of aromatic nitrogens is 2. The first-order chi connectivity index (χ1) is 13.3. The second kappa shape index (κ2) is 12.2. The van der Waals surface area contributed by atoms with Gasteiger partial charge >= 0.3 is 0 Å². The summed E-state index contributed by atoms with van der Waals surface area (Å²) in [6.07, 6.45) is 5.67. The fourth-order valence-electron chi connectivity index (χ4n) is 2.83. The first-order valence-corrected chi connectivity index (χ1v) is 9.39. The molecule has 3 rings (SSSR count). The molecular weight excluding hydrogens is 465 g/mol. The zero-order chi connectivity index (χ0) is 18.7. The molecule has 0 spiro atoms. The van der Waals surface area contributed by atoms with E-state index in [1.807, 2.05) is 35.1 Å². The zero-order valence-electron chi connectivity index (χ0n) is 16.2.